The molecule has 0 saturated heterocycles. The lowest BCUT2D eigenvalue weighted by Crippen LogP contribution is -2.41. The van der Waals surface area contributed by atoms with Gasteiger partial charge in [0.2, 0.25) is 0 Å². The van der Waals surface area contributed by atoms with Crippen LogP contribution in [0.15, 0.2) is 18.2 Å². The molecular formula is C12H12F4N2O2. The largest absolute Gasteiger partial charge is 0.492 e. The molecule has 0 saturated carbocycles. The first-order valence-electron chi connectivity index (χ1n) is 5.85. The van der Waals surface area contributed by atoms with Gasteiger partial charge in [0.05, 0.1) is 0 Å². The minimum absolute atomic E-state index is 0.0152. The van der Waals surface area contributed by atoms with Gasteiger partial charge >= 0.3 is 18.3 Å². The Bertz CT molecular complexity index is 508. The molecule has 0 fully saturated rings. The maximum Gasteiger partial charge on any atom is 0.383 e. The van der Waals surface area contributed by atoms with Crippen molar-refractivity contribution in [3.63, 3.8) is 0 Å². The molecule has 0 bridgehead atoms. The van der Waals surface area contributed by atoms with E-state index < -0.39 is 18.3 Å². The van der Waals surface area contributed by atoms with Crippen LogP contribution in [0, 0.1) is 0 Å². The van der Waals surface area contributed by atoms with E-state index >= 15 is 0 Å². The van der Waals surface area contributed by atoms with Crippen LogP contribution in [-0.2, 0) is 11.3 Å². The van der Waals surface area contributed by atoms with Gasteiger partial charge in [-0.3, -0.25) is 4.79 Å². The van der Waals surface area contributed by atoms with Gasteiger partial charge < -0.3 is 15.4 Å². The highest BCUT2D eigenvalue weighted by Crippen LogP contribution is 2.27. The molecule has 1 aromatic rings. The van der Waals surface area contributed by atoms with Gasteiger partial charge in [0.25, 0.3) is 0 Å². The predicted molar refractivity (Wildman–Crippen MR) is 63.2 cm³/mol. The summed E-state index contributed by atoms with van der Waals surface area (Å²) in [6.45, 7) is 1.52. The number of rotatable bonds is 3. The number of hydrogen-bond donors (Lipinski definition) is 2. The zero-order chi connectivity index (χ0) is 14.8. The van der Waals surface area contributed by atoms with Crippen molar-refractivity contribution in [3.05, 3.63) is 23.8 Å². The van der Waals surface area contributed by atoms with E-state index in [1.165, 1.54) is 18.2 Å². The molecule has 110 valence electrons. The molecule has 0 spiro atoms. The van der Waals surface area contributed by atoms with Gasteiger partial charge in [0.15, 0.2) is 0 Å². The molecular weight excluding hydrogens is 280 g/mol. The smallest absolute Gasteiger partial charge is 0.383 e. The van der Waals surface area contributed by atoms with Gasteiger partial charge in [0, 0.05) is 24.3 Å². The van der Waals surface area contributed by atoms with Crippen molar-refractivity contribution >= 4 is 11.6 Å². The van der Waals surface area contributed by atoms with Gasteiger partial charge in [0.1, 0.15) is 12.4 Å². The first-order chi connectivity index (χ1) is 9.41. The summed E-state index contributed by atoms with van der Waals surface area (Å²) in [6.07, 6.45) is -4.05. The van der Waals surface area contributed by atoms with Crippen molar-refractivity contribution in [2.75, 3.05) is 18.5 Å². The molecule has 1 aromatic carbocycles. The highest BCUT2D eigenvalue weighted by atomic mass is 19.3. The van der Waals surface area contributed by atoms with Crippen LogP contribution in [0.1, 0.15) is 5.56 Å². The number of carbonyl (C=O) groups excluding carboxylic acids is 1. The lowest BCUT2D eigenvalue weighted by atomic mass is 10.1. The average Bonchev–Trinajstić information content (AvgIpc) is 2.63. The Hall–Kier alpha value is -1.83. The molecule has 1 aliphatic rings. The second-order valence-electron chi connectivity index (χ2n) is 4.23. The number of benzene rings is 1. The fraction of sp³-hybridized carbons (Fsp3) is 0.417. The molecule has 2 N–H and O–H groups in total. The number of hydrogen-bond acceptors (Lipinski definition) is 3. The minimum Gasteiger partial charge on any atom is -0.492 e. The molecule has 0 aromatic heterocycles. The van der Waals surface area contributed by atoms with Crippen LogP contribution in [0.4, 0.5) is 23.2 Å². The monoisotopic (exact) mass is 292 g/mol. The highest BCUT2D eigenvalue weighted by molar-refractivity contribution is 5.96. The van der Waals surface area contributed by atoms with Crippen molar-refractivity contribution in [3.8, 4) is 5.75 Å². The summed E-state index contributed by atoms with van der Waals surface area (Å²) in [5, 5.41) is 4.81. The van der Waals surface area contributed by atoms with E-state index in [2.05, 4.69) is 5.32 Å². The Labute approximate surface area is 112 Å². The molecule has 8 heteroatoms. The predicted octanol–water partition coefficient (Wildman–Crippen LogP) is 2.01. The SMILES string of the molecule is O=C(Nc1ccc2c(c1)CNCCO2)C(F)(F)C(F)F. The van der Waals surface area contributed by atoms with E-state index in [0.717, 1.165) is 0 Å². The zero-order valence-electron chi connectivity index (χ0n) is 10.3. The third-order valence-electron chi connectivity index (χ3n) is 2.75. The number of carbonyl (C=O) groups is 1. The summed E-state index contributed by atoms with van der Waals surface area (Å²) in [5.74, 6) is -6.19. The molecule has 4 nitrogen and oxygen atoms in total. The number of ether oxygens (including phenoxy) is 1. The van der Waals surface area contributed by atoms with Gasteiger partial charge in [-0.2, -0.15) is 8.78 Å². The Morgan fingerprint density at radius 1 is 1.40 bits per heavy atom. The van der Waals surface area contributed by atoms with Gasteiger partial charge in [-0.25, -0.2) is 8.78 Å². The van der Waals surface area contributed by atoms with Crippen molar-refractivity contribution in [2.24, 2.45) is 0 Å². The third-order valence-corrected chi connectivity index (χ3v) is 2.75. The Morgan fingerprint density at radius 2 is 2.15 bits per heavy atom. The van der Waals surface area contributed by atoms with Crippen molar-refractivity contribution in [1.29, 1.82) is 0 Å². The van der Waals surface area contributed by atoms with Crippen LogP contribution in [0.25, 0.3) is 0 Å². The minimum atomic E-state index is -4.72. The summed E-state index contributed by atoms with van der Waals surface area (Å²) < 4.78 is 55.1. The summed E-state index contributed by atoms with van der Waals surface area (Å²) in [4.78, 5) is 11.1. The van der Waals surface area contributed by atoms with E-state index in [-0.39, 0.29) is 5.69 Å². The second kappa shape index (κ2) is 5.66. The Kier molecular flexibility index (Phi) is 4.12. The normalized spacial score (nSPS) is 15.2. The van der Waals surface area contributed by atoms with E-state index in [0.29, 0.717) is 31.0 Å². The van der Waals surface area contributed by atoms with Crippen LogP contribution in [-0.4, -0.2) is 31.4 Å². The van der Waals surface area contributed by atoms with Crippen LogP contribution >= 0.6 is 0 Å². The first kappa shape index (κ1) is 14.6. The van der Waals surface area contributed by atoms with Crippen LogP contribution in [0.3, 0.4) is 0 Å². The van der Waals surface area contributed by atoms with E-state index in [1.54, 1.807) is 5.32 Å². The zero-order valence-corrected chi connectivity index (χ0v) is 10.3. The van der Waals surface area contributed by atoms with Gasteiger partial charge in [-0.1, -0.05) is 0 Å². The molecule has 0 atom stereocenters. The number of alkyl halides is 4. The maximum atomic E-state index is 12.8. The summed E-state index contributed by atoms with van der Waals surface area (Å²) in [6, 6.07) is 4.23. The lowest BCUT2D eigenvalue weighted by Gasteiger charge is -2.15. The van der Waals surface area contributed by atoms with Crippen LogP contribution in [0.5, 0.6) is 5.75 Å². The number of amides is 1. The summed E-state index contributed by atoms with van der Waals surface area (Å²) in [5.41, 5.74) is 0.669. The number of anilines is 1. The van der Waals surface area contributed by atoms with Crippen LogP contribution in [0.2, 0.25) is 0 Å². The van der Waals surface area contributed by atoms with E-state index in [4.69, 9.17) is 4.74 Å². The molecule has 0 aliphatic carbocycles. The molecule has 0 unspecified atom stereocenters. The summed E-state index contributed by atoms with van der Waals surface area (Å²) >= 11 is 0. The fourth-order valence-electron chi connectivity index (χ4n) is 1.71. The molecule has 1 heterocycles. The fourth-order valence-corrected chi connectivity index (χ4v) is 1.71. The first-order valence-corrected chi connectivity index (χ1v) is 5.85. The maximum absolute atomic E-state index is 12.8. The molecule has 1 amide bonds. The van der Waals surface area contributed by atoms with Crippen molar-refractivity contribution in [2.45, 2.75) is 18.9 Å². The molecule has 1 aliphatic heterocycles. The number of halogens is 4. The molecule has 0 radical (unpaired) electrons. The standard InChI is InChI=1S/C12H12F4N2O2/c13-10(14)12(15,16)11(19)18-8-1-2-9-7(5-8)6-17-3-4-20-9/h1-2,5,10,17H,3-4,6H2,(H,18,19). The Morgan fingerprint density at radius 3 is 2.85 bits per heavy atom. The average molecular weight is 292 g/mol. The number of nitrogens with one attached hydrogen (secondary N) is 2. The molecule has 2 rings (SSSR count). The lowest BCUT2D eigenvalue weighted by molar-refractivity contribution is -0.163. The van der Waals surface area contributed by atoms with Gasteiger partial charge in [-0.15, -0.1) is 0 Å². The van der Waals surface area contributed by atoms with Crippen LogP contribution < -0.4 is 15.4 Å². The third kappa shape index (κ3) is 3.01. The topological polar surface area (TPSA) is 50.4 Å². The quantitative estimate of drug-likeness (QED) is 0.838. The molecule has 20 heavy (non-hydrogen) atoms. The second-order valence-corrected chi connectivity index (χ2v) is 4.23. The van der Waals surface area contributed by atoms with Gasteiger partial charge in [-0.05, 0) is 18.2 Å². The Balaban J connectivity index is 2.15. The van der Waals surface area contributed by atoms with E-state index in [9.17, 15) is 22.4 Å². The number of fused-ring (bicyclic) bond motifs is 1. The van der Waals surface area contributed by atoms with Crippen molar-refractivity contribution in [1.82, 2.24) is 5.32 Å². The van der Waals surface area contributed by atoms with E-state index in [1.807, 2.05) is 0 Å². The van der Waals surface area contributed by atoms with Crippen molar-refractivity contribution < 1.29 is 27.1 Å². The highest BCUT2D eigenvalue weighted by Gasteiger charge is 2.48. The summed E-state index contributed by atoms with van der Waals surface area (Å²) in [7, 11) is 0.